The zero-order chi connectivity index (χ0) is 18.7. The molecule has 2 aromatic carbocycles. The maximum Gasteiger partial charge on any atom is 0.255 e. The molecule has 6 nitrogen and oxygen atoms in total. The largest absolute Gasteiger partial charge is 0.379 e. The Morgan fingerprint density at radius 3 is 2.46 bits per heavy atom. The molecule has 0 spiro atoms. The monoisotopic (exact) mass is 382 g/mol. The van der Waals surface area contributed by atoms with Crippen LogP contribution in [0.5, 0.6) is 0 Å². The fourth-order valence-corrected chi connectivity index (χ4v) is 3.97. The van der Waals surface area contributed by atoms with Gasteiger partial charge in [0.15, 0.2) is 11.6 Å². The molecule has 1 fully saturated rings. The van der Waals surface area contributed by atoms with Crippen LogP contribution >= 0.6 is 0 Å². The Morgan fingerprint density at radius 1 is 1.04 bits per heavy atom. The number of nitrogens with zero attached hydrogens (tertiary/aromatic N) is 1. The number of sulfonamides is 1. The second-order valence-corrected chi connectivity index (χ2v) is 7.57. The molecule has 0 atom stereocenters. The lowest BCUT2D eigenvalue weighted by Crippen LogP contribution is -2.40. The lowest BCUT2D eigenvalue weighted by atomic mass is 10.2. The van der Waals surface area contributed by atoms with Crippen LogP contribution < -0.4 is 5.32 Å². The molecule has 0 aliphatic carbocycles. The highest BCUT2D eigenvalue weighted by atomic mass is 32.2. The first-order valence-electron chi connectivity index (χ1n) is 7.82. The van der Waals surface area contributed by atoms with Gasteiger partial charge in [0, 0.05) is 30.4 Å². The maximum atomic E-state index is 13.2. The van der Waals surface area contributed by atoms with Crippen LogP contribution in [0, 0.1) is 11.6 Å². The number of rotatable bonds is 4. The fraction of sp³-hybridized carbons (Fsp3) is 0.235. The van der Waals surface area contributed by atoms with Gasteiger partial charge in [-0.15, -0.1) is 0 Å². The van der Waals surface area contributed by atoms with Crippen LogP contribution in [0.1, 0.15) is 10.4 Å². The van der Waals surface area contributed by atoms with Crippen molar-refractivity contribution >= 4 is 21.6 Å². The number of carbonyl (C=O) groups excluding carboxylic acids is 1. The summed E-state index contributed by atoms with van der Waals surface area (Å²) in [6.45, 7) is 1.12. The summed E-state index contributed by atoms with van der Waals surface area (Å²) in [6, 6.07) is 8.50. The zero-order valence-corrected chi connectivity index (χ0v) is 14.4. The minimum absolute atomic E-state index is 0.0164. The van der Waals surface area contributed by atoms with E-state index in [4.69, 9.17) is 4.74 Å². The van der Waals surface area contributed by atoms with Gasteiger partial charge in [-0.25, -0.2) is 17.2 Å². The van der Waals surface area contributed by atoms with Crippen molar-refractivity contribution in [2.24, 2.45) is 0 Å². The summed E-state index contributed by atoms with van der Waals surface area (Å²) >= 11 is 0. The van der Waals surface area contributed by atoms with Crippen molar-refractivity contribution in [1.29, 1.82) is 0 Å². The Morgan fingerprint density at radius 2 is 1.77 bits per heavy atom. The number of carbonyl (C=O) groups is 1. The molecule has 0 unspecified atom stereocenters. The van der Waals surface area contributed by atoms with Crippen LogP contribution in [0.15, 0.2) is 47.4 Å². The van der Waals surface area contributed by atoms with E-state index >= 15 is 0 Å². The number of anilines is 1. The first-order valence-corrected chi connectivity index (χ1v) is 9.26. The molecule has 0 radical (unpaired) electrons. The molecule has 26 heavy (non-hydrogen) atoms. The first kappa shape index (κ1) is 18.4. The van der Waals surface area contributed by atoms with E-state index in [1.54, 1.807) is 0 Å². The average molecular weight is 382 g/mol. The van der Waals surface area contributed by atoms with Crippen molar-refractivity contribution in [3.63, 3.8) is 0 Å². The summed E-state index contributed by atoms with van der Waals surface area (Å²) in [4.78, 5) is 12.3. The molecular weight excluding hydrogens is 366 g/mol. The third-order valence-electron chi connectivity index (χ3n) is 3.88. The molecule has 1 aliphatic rings. The number of morpholine rings is 1. The predicted octanol–water partition coefficient (Wildman–Crippen LogP) is 2.24. The summed E-state index contributed by atoms with van der Waals surface area (Å²) in [5.41, 5.74) is 0.152. The number of nitrogens with one attached hydrogen (secondary N) is 1. The number of halogens is 2. The van der Waals surface area contributed by atoms with Crippen molar-refractivity contribution in [2.45, 2.75) is 4.90 Å². The highest BCUT2D eigenvalue weighted by Crippen LogP contribution is 2.20. The molecule has 1 saturated heterocycles. The Balaban J connectivity index is 1.82. The Labute approximate surface area is 149 Å². The van der Waals surface area contributed by atoms with Crippen LogP contribution in [-0.2, 0) is 14.8 Å². The number of hydrogen-bond acceptors (Lipinski definition) is 4. The Bertz CT molecular complexity index is 928. The number of benzene rings is 2. The van der Waals surface area contributed by atoms with E-state index < -0.39 is 27.6 Å². The molecule has 138 valence electrons. The molecule has 1 N–H and O–H groups in total. The normalized spacial score (nSPS) is 15.6. The van der Waals surface area contributed by atoms with Crippen LogP contribution in [0.25, 0.3) is 0 Å². The summed E-state index contributed by atoms with van der Waals surface area (Å²) in [6.07, 6.45) is 0. The van der Waals surface area contributed by atoms with E-state index in [0.717, 1.165) is 12.1 Å². The van der Waals surface area contributed by atoms with E-state index in [1.165, 1.54) is 34.6 Å². The SMILES string of the molecule is O=C(Nc1ccc(F)c(F)c1)c1cccc(S(=O)(=O)N2CCOCC2)c1. The summed E-state index contributed by atoms with van der Waals surface area (Å²) in [7, 11) is -3.74. The van der Waals surface area contributed by atoms with E-state index in [2.05, 4.69) is 5.32 Å². The fourth-order valence-electron chi connectivity index (χ4n) is 2.51. The molecule has 3 rings (SSSR count). The zero-order valence-electron chi connectivity index (χ0n) is 13.6. The molecule has 0 saturated carbocycles. The molecule has 2 aromatic rings. The van der Waals surface area contributed by atoms with Crippen LogP contribution in [0.2, 0.25) is 0 Å². The molecule has 1 amide bonds. The summed E-state index contributed by atoms with van der Waals surface area (Å²) < 4.78 is 57.9. The van der Waals surface area contributed by atoms with Crippen LogP contribution in [0.4, 0.5) is 14.5 Å². The van der Waals surface area contributed by atoms with Crippen molar-refractivity contribution in [1.82, 2.24) is 4.31 Å². The smallest absolute Gasteiger partial charge is 0.255 e. The van der Waals surface area contributed by atoms with E-state index in [1.807, 2.05) is 0 Å². The molecule has 0 bridgehead atoms. The van der Waals surface area contributed by atoms with Gasteiger partial charge in [-0.3, -0.25) is 4.79 Å². The van der Waals surface area contributed by atoms with Gasteiger partial charge in [0.2, 0.25) is 10.0 Å². The standard InChI is InChI=1S/C17H16F2N2O4S/c18-15-5-4-13(11-16(15)19)20-17(22)12-2-1-3-14(10-12)26(23,24)21-6-8-25-9-7-21/h1-5,10-11H,6-9H2,(H,20,22). The topological polar surface area (TPSA) is 75.7 Å². The number of amides is 1. The third kappa shape index (κ3) is 3.90. The second kappa shape index (κ2) is 7.48. The quantitative estimate of drug-likeness (QED) is 0.880. The Kier molecular flexibility index (Phi) is 5.30. The number of ether oxygens (including phenoxy) is 1. The summed E-state index contributed by atoms with van der Waals surface area (Å²) in [5, 5.41) is 2.41. The minimum Gasteiger partial charge on any atom is -0.379 e. The van der Waals surface area contributed by atoms with Gasteiger partial charge in [-0.05, 0) is 30.3 Å². The van der Waals surface area contributed by atoms with E-state index in [9.17, 15) is 22.0 Å². The van der Waals surface area contributed by atoms with Crippen molar-refractivity contribution < 1.29 is 26.7 Å². The number of hydrogen-bond donors (Lipinski definition) is 1. The average Bonchev–Trinajstić information content (AvgIpc) is 2.65. The molecule has 1 heterocycles. The minimum atomic E-state index is -3.74. The van der Waals surface area contributed by atoms with Gasteiger partial charge in [-0.2, -0.15) is 4.31 Å². The van der Waals surface area contributed by atoms with Crippen molar-refractivity contribution in [3.05, 3.63) is 59.7 Å². The van der Waals surface area contributed by atoms with E-state index in [-0.39, 0.29) is 29.2 Å². The van der Waals surface area contributed by atoms with Gasteiger partial charge in [0.1, 0.15) is 0 Å². The molecule has 1 aliphatic heterocycles. The molecule has 0 aromatic heterocycles. The van der Waals surface area contributed by atoms with Crippen LogP contribution in [-0.4, -0.2) is 44.9 Å². The van der Waals surface area contributed by atoms with Gasteiger partial charge in [0.05, 0.1) is 18.1 Å². The second-order valence-electron chi connectivity index (χ2n) is 5.63. The van der Waals surface area contributed by atoms with Gasteiger partial charge in [-0.1, -0.05) is 6.07 Å². The highest BCUT2D eigenvalue weighted by molar-refractivity contribution is 7.89. The first-order chi connectivity index (χ1) is 12.4. The van der Waals surface area contributed by atoms with Gasteiger partial charge in [0.25, 0.3) is 5.91 Å². The highest BCUT2D eigenvalue weighted by Gasteiger charge is 2.26. The predicted molar refractivity (Wildman–Crippen MR) is 90.3 cm³/mol. The van der Waals surface area contributed by atoms with E-state index in [0.29, 0.717) is 13.2 Å². The summed E-state index contributed by atoms with van der Waals surface area (Å²) in [5.74, 6) is -2.75. The lowest BCUT2D eigenvalue weighted by Gasteiger charge is -2.26. The third-order valence-corrected chi connectivity index (χ3v) is 5.78. The van der Waals surface area contributed by atoms with Crippen molar-refractivity contribution in [2.75, 3.05) is 31.6 Å². The molecular formula is C17H16F2N2O4S. The maximum absolute atomic E-state index is 13.2. The lowest BCUT2D eigenvalue weighted by molar-refractivity contribution is 0.0730. The van der Waals surface area contributed by atoms with Gasteiger partial charge >= 0.3 is 0 Å². The molecule has 9 heteroatoms. The Hall–Kier alpha value is -2.36. The van der Waals surface area contributed by atoms with Crippen LogP contribution in [0.3, 0.4) is 0 Å². The van der Waals surface area contributed by atoms with Crippen molar-refractivity contribution in [3.8, 4) is 0 Å². The van der Waals surface area contributed by atoms with Gasteiger partial charge < -0.3 is 10.1 Å².